The van der Waals surface area contributed by atoms with Crippen LogP contribution in [0.15, 0.2) is 42.5 Å². The molecule has 0 saturated carbocycles. The predicted octanol–water partition coefficient (Wildman–Crippen LogP) is 5.04. The molecule has 0 unspecified atom stereocenters. The summed E-state index contributed by atoms with van der Waals surface area (Å²) in [5.74, 6) is 6.05. The quantitative estimate of drug-likeness (QED) is 0.566. The van der Waals surface area contributed by atoms with E-state index in [1.165, 1.54) is 6.07 Å². The van der Waals surface area contributed by atoms with Crippen molar-refractivity contribution in [1.29, 1.82) is 0 Å². The van der Waals surface area contributed by atoms with E-state index in [9.17, 15) is 4.39 Å². The molecule has 21 heavy (non-hydrogen) atoms. The third kappa shape index (κ3) is 4.97. The molecule has 0 N–H and O–H groups in total. The molecule has 0 aromatic heterocycles. The van der Waals surface area contributed by atoms with Gasteiger partial charge < -0.3 is 4.74 Å². The van der Waals surface area contributed by atoms with Crippen LogP contribution in [0.5, 0.6) is 5.75 Å². The highest BCUT2D eigenvalue weighted by Gasteiger charge is 2.03. The number of halogens is 3. The van der Waals surface area contributed by atoms with Crippen LogP contribution in [0.3, 0.4) is 0 Å². The van der Waals surface area contributed by atoms with E-state index < -0.39 is 5.82 Å². The molecule has 0 atom stereocenters. The maximum atomic E-state index is 13.8. The first-order chi connectivity index (χ1) is 10.2. The topological polar surface area (TPSA) is 9.23 Å². The first-order valence-electron chi connectivity index (χ1n) is 6.40. The summed E-state index contributed by atoms with van der Waals surface area (Å²) < 4.78 is 19.4. The fourth-order valence-electron chi connectivity index (χ4n) is 1.64. The monoisotopic (exact) mass is 322 g/mol. The molecule has 1 nitrogen and oxygen atoms in total. The van der Waals surface area contributed by atoms with E-state index in [-0.39, 0.29) is 0 Å². The molecule has 0 aliphatic rings. The predicted molar refractivity (Wildman–Crippen MR) is 84.4 cm³/mol. The maximum absolute atomic E-state index is 13.8. The van der Waals surface area contributed by atoms with Gasteiger partial charge >= 0.3 is 0 Å². The molecule has 0 aliphatic heterocycles. The van der Waals surface area contributed by atoms with Gasteiger partial charge in [0, 0.05) is 23.4 Å². The van der Waals surface area contributed by atoms with Crippen LogP contribution < -0.4 is 4.74 Å². The zero-order valence-electron chi connectivity index (χ0n) is 11.2. The summed E-state index contributed by atoms with van der Waals surface area (Å²) in [6, 6.07) is 11.9. The van der Waals surface area contributed by atoms with Crippen LogP contribution >= 0.6 is 23.2 Å². The number of hydrogen-bond acceptors (Lipinski definition) is 1. The molecular formula is C17H13Cl2FO. The van der Waals surface area contributed by atoms with E-state index in [1.54, 1.807) is 24.3 Å². The van der Waals surface area contributed by atoms with Crippen LogP contribution in [0, 0.1) is 17.7 Å². The summed E-state index contributed by atoms with van der Waals surface area (Å²) in [7, 11) is 0. The molecule has 0 saturated heterocycles. The van der Waals surface area contributed by atoms with Gasteiger partial charge in [-0.15, -0.1) is 11.6 Å². The molecule has 2 rings (SSSR count). The number of benzene rings is 2. The Morgan fingerprint density at radius 3 is 2.52 bits per heavy atom. The van der Waals surface area contributed by atoms with Crippen LogP contribution in [0.1, 0.15) is 17.5 Å². The fraction of sp³-hybridized carbons (Fsp3) is 0.176. The maximum Gasteiger partial charge on any atom is 0.142 e. The van der Waals surface area contributed by atoms with E-state index in [4.69, 9.17) is 27.9 Å². The summed E-state index contributed by atoms with van der Waals surface area (Å²) >= 11 is 11.3. The third-order valence-electron chi connectivity index (χ3n) is 2.70. The Kier molecular flexibility index (Phi) is 5.92. The SMILES string of the molecule is Fc1cc(OCc2ccc(Cl)cc2)ccc1C#CCCCl. The molecule has 0 heterocycles. The van der Waals surface area contributed by atoms with Crippen LogP contribution in [0.4, 0.5) is 4.39 Å². The first kappa shape index (κ1) is 15.7. The Bertz CT molecular complexity index is 657. The first-order valence-corrected chi connectivity index (χ1v) is 7.32. The molecule has 108 valence electrons. The highest BCUT2D eigenvalue weighted by molar-refractivity contribution is 6.30. The Morgan fingerprint density at radius 1 is 1.10 bits per heavy atom. The lowest BCUT2D eigenvalue weighted by Crippen LogP contribution is -1.96. The molecular weight excluding hydrogens is 310 g/mol. The van der Waals surface area contributed by atoms with Gasteiger partial charge in [0.2, 0.25) is 0 Å². The Hall–Kier alpha value is -1.69. The lowest BCUT2D eigenvalue weighted by atomic mass is 10.2. The number of ether oxygens (including phenoxy) is 1. The number of hydrogen-bond donors (Lipinski definition) is 0. The minimum absolute atomic E-state index is 0.346. The van der Waals surface area contributed by atoms with E-state index in [0.717, 1.165) is 5.56 Å². The second-order valence-corrected chi connectivity index (χ2v) is 5.11. The molecule has 4 heteroatoms. The van der Waals surface area contributed by atoms with E-state index >= 15 is 0 Å². The average molecular weight is 323 g/mol. The molecule has 0 amide bonds. The molecule has 0 aliphatic carbocycles. The van der Waals surface area contributed by atoms with E-state index in [1.807, 2.05) is 12.1 Å². The van der Waals surface area contributed by atoms with Crippen molar-refractivity contribution in [1.82, 2.24) is 0 Å². The van der Waals surface area contributed by atoms with Gasteiger partial charge in [0.25, 0.3) is 0 Å². The van der Waals surface area contributed by atoms with Crippen LogP contribution in [0.2, 0.25) is 5.02 Å². The van der Waals surface area contributed by atoms with Crippen molar-refractivity contribution < 1.29 is 9.13 Å². The smallest absolute Gasteiger partial charge is 0.142 e. The second kappa shape index (κ2) is 7.93. The van der Waals surface area contributed by atoms with E-state index in [2.05, 4.69) is 11.8 Å². The minimum Gasteiger partial charge on any atom is -0.489 e. The Morgan fingerprint density at radius 2 is 1.86 bits per heavy atom. The van der Waals surface area contributed by atoms with Crippen molar-refractivity contribution in [3.8, 4) is 17.6 Å². The molecule has 0 spiro atoms. The average Bonchev–Trinajstić information content (AvgIpc) is 2.49. The third-order valence-corrected chi connectivity index (χ3v) is 3.14. The molecule has 0 radical (unpaired) electrons. The Labute approximate surface area is 133 Å². The van der Waals surface area contributed by atoms with Crippen molar-refractivity contribution >= 4 is 23.2 Å². The zero-order chi connectivity index (χ0) is 15.1. The van der Waals surface area contributed by atoms with Gasteiger partial charge in [-0.3, -0.25) is 0 Å². The fourth-order valence-corrected chi connectivity index (χ4v) is 1.86. The van der Waals surface area contributed by atoms with Gasteiger partial charge in [-0.05, 0) is 29.8 Å². The lowest BCUT2D eigenvalue weighted by molar-refractivity contribution is 0.304. The van der Waals surface area contributed by atoms with E-state index in [0.29, 0.717) is 35.2 Å². The summed E-state index contributed by atoms with van der Waals surface area (Å²) in [6.45, 7) is 0.355. The van der Waals surface area contributed by atoms with Gasteiger partial charge in [-0.2, -0.15) is 0 Å². The zero-order valence-corrected chi connectivity index (χ0v) is 12.7. The summed E-state index contributed by atoms with van der Waals surface area (Å²) in [5.41, 5.74) is 1.31. The van der Waals surface area contributed by atoms with Crippen molar-refractivity contribution in [2.75, 3.05) is 5.88 Å². The lowest BCUT2D eigenvalue weighted by Gasteiger charge is -2.07. The number of alkyl halides is 1. The number of rotatable bonds is 4. The Balaban J connectivity index is 2.00. The second-order valence-electron chi connectivity index (χ2n) is 4.30. The van der Waals surface area contributed by atoms with Crippen LogP contribution in [-0.4, -0.2) is 5.88 Å². The van der Waals surface area contributed by atoms with Gasteiger partial charge in [-0.25, -0.2) is 4.39 Å². The largest absolute Gasteiger partial charge is 0.489 e. The minimum atomic E-state index is -0.398. The van der Waals surface area contributed by atoms with Gasteiger partial charge in [0.1, 0.15) is 18.2 Å². The summed E-state index contributed by atoms with van der Waals surface area (Å²) in [4.78, 5) is 0. The van der Waals surface area contributed by atoms with Gasteiger partial charge in [-0.1, -0.05) is 35.6 Å². The normalized spacial score (nSPS) is 9.86. The van der Waals surface area contributed by atoms with Crippen LogP contribution in [0.25, 0.3) is 0 Å². The molecule has 0 fully saturated rings. The highest BCUT2D eigenvalue weighted by Crippen LogP contribution is 2.18. The van der Waals surface area contributed by atoms with Crippen LogP contribution in [-0.2, 0) is 6.61 Å². The standard InChI is InChI=1S/C17H13Cl2FO/c18-10-2-1-3-14-6-9-16(11-17(14)20)21-12-13-4-7-15(19)8-5-13/h4-9,11H,2,10,12H2. The van der Waals surface area contributed by atoms with Crippen molar-refractivity contribution in [3.63, 3.8) is 0 Å². The molecule has 0 bridgehead atoms. The van der Waals surface area contributed by atoms with Gasteiger partial charge in [0.15, 0.2) is 0 Å². The van der Waals surface area contributed by atoms with Crippen molar-refractivity contribution in [2.24, 2.45) is 0 Å². The summed E-state index contributed by atoms with van der Waals surface area (Å²) in [5, 5.41) is 0.671. The molecule has 2 aromatic rings. The van der Waals surface area contributed by atoms with Crippen molar-refractivity contribution in [3.05, 3.63) is 64.4 Å². The van der Waals surface area contributed by atoms with Crippen molar-refractivity contribution in [2.45, 2.75) is 13.0 Å². The highest BCUT2D eigenvalue weighted by atomic mass is 35.5. The molecule has 2 aromatic carbocycles. The summed E-state index contributed by atoms with van der Waals surface area (Å²) in [6.07, 6.45) is 0.538. The van der Waals surface area contributed by atoms with Gasteiger partial charge in [0.05, 0.1) is 5.56 Å².